The van der Waals surface area contributed by atoms with E-state index in [-0.39, 0.29) is 11.5 Å². The predicted molar refractivity (Wildman–Crippen MR) is 73.3 cm³/mol. The Morgan fingerprint density at radius 1 is 1.37 bits per heavy atom. The minimum absolute atomic E-state index is 0.0863. The molecule has 5 heteroatoms. The van der Waals surface area contributed by atoms with Crippen LogP contribution in [0.4, 0.5) is 0 Å². The van der Waals surface area contributed by atoms with Crippen LogP contribution in [-0.2, 0) is 0 Å². The second-order valence-corrected chi connectivity index (χ2v) is 4.49. The van der Waals surface area contributed by atoms with Gasteiger partial charge in [-0.15, -0.1) is 0 Å². The number of pyridine rings is 1. The smallest absolute Gasteiger partial charge is 0.254 e. The third-order valence-corrected chi connectivity index (χ3v) is 2.76. The lowest BCUT2D eigenvalue weighted by Crippen LogP contribution is -2.16. The van der Waals surface area contributed by atoms with Crippen molar-refractivity contribution in [1.29, 1.82) is 0 Å². The van der Waals surface area contributed by atoms with Crippen LogP contribution in [-0.4, -0.2) is 21.6 Å². The molecular formula is C14H17N3O2. The number of H-pyrrole nitrogens is 1. The van der Waals surface area contributed by atoms with Crippen molar-refractivity contribution in [3.05, 3.63) is 40.7 Å². The second-order valence-electron chi connectivity index (χ2n) is 4.49. The van der Waals surface area contributed by atoms with E-state index in [0.29, 0.717) is 23.6 Å². The quantitative estimate of drug-likeness (QED) is 0.915. The van der Waals surface area contributed by atoms with Crippen molar-refractivity contribution in [2.45, 2.75) is 26.7 Å². The number of aromatic amines is 1. The fraction of sp³-hybridized carbons (Fsp3) is 0.357. The van der Waals surface area contributed by atoms with Crippen molar-refractivity contribution in [3.63, 3.8) is 0 Å². The Bertz CT molecular complexity index is 620. The van der Waals surface area contributed by atoms with E-state index >= 15 is 0 Å². The summed E-state index contributed by atoms with van der Waals surface area (Å²) >= 11 is 0. The van der Waals surface area contributed by atoms with Crippen LogP contribution in [0.2, 0.25) is 0 Å². The maximum atomic E-state index is 11.9. The van der Waals surface area contributed by atoms with Gasteiger partial charge in [0.05, 0.1) is 24.8 Å². The zero-order valence-corrected chi connectivity index (χ0v) is 11.3. The molecule has 5 nitrogen and oxygen atoms in total. The molecule has 100 valence electrons. The first kappa shape index (κ1) is 13.3. The monoisotopic (exact) mass is 259 g/mol. The van der Waals surface area contributed by atoms with Gasteiger partial charge >= 0.3 is 0 Å². The third kappa shape index (κ3) is 2.81. The van der Waals surface area contributed by atoms with E-state index in [2.05, 4.69) is 15.0 Å². The van der Waals surface area contributed by atoms with Crippen molar-refractivity contribution < 1.29 is 4.74 Å². The number of hydrogen-bond acceptors (Lipinski definition) is 4. The zero-order chi connectivity index (χ0) is 13.8. The Hall–Kier alpha value is -2.17. The molecule has 2 aromatic heterocycles. The molecule has 1 N–H and O–H groups in total. The molecule has 2 aromatic rings. The first-order valence-electron chi connectivity index (χ1n) is 6.29. The maximum Gasteiger partial charge on any atom is 0.254 e. The largest absolute Gasteiger partial charge is 0.492 e. The second kappa shape index (κ2) is 5.65. The highest BCUT2D eigenvalue weighted by atomic mass is 16.5. The molecule has 0 spiro atoms. The molecule has 0 bridgehead atoms. The number of ether oxygens (including phenoxy) is 1. The van der Waals surface area contributed by atoms with Gasteiger partial charge in [0.25, 0.3) is 5.56 Å². The molecule has 0 fully saturated rings. The van der Waals surface area contributed by atoms with Crippen LogP contribution < -0.4 is 10.3 Å². The number of nitrogens with zero attached hydrogens (tertiary/aromatic N) is 2. The van der Waals surface area contributed by atoms with Crippen molar-refractivity contribution >= 4 is 0 Å². The molecule has 0 aliphatic rings. The third-order valence-electron chi connectivity index (χ3n) is 2.76. The summed E-state index contributed by atoms with van der Waals surface area (Å²) < 4.78 is 5.42. The molecule has 2 heterocycles. The van der Waals surface area contributed by atoms with E-state index in [0.717, 1.165) is 5.56 Å². The molecule has 0 atom stereocenters. The normalized spacial score (nSPS) is 10.7. The molecule has 19 heavy (non-hydrogen) atoms. The molecule has 0 radical (unpaired) electrons. The van der Waals surface area contributed by atoms with E-state index in [9.17, 15) is 4.79 Å². The van der Waals surface area contributed by atoms with E-state index in [4.69, 9.17) is 4.74 Å². The minimum atomic E-state index is -0.109. The lowest BCUT2D eigenvalue weighted by molar-refractivity contribution is 0.339. The highest BCUT2D eigenvalue weighted by Gasteiger charge is 2.14. The molecule has 0 aromatic carbocycles. The summed E-state index contributed by atoms with van der Waals surface area (Å²) in [5.41, 5.74) is 2.01. The van der Waals surface area contributed by atoms with Crippen molar-refractivity contribution in [2.75, 3.05) is 6.61 Å². The highest BCUT2D eigenvalue weighted by Crippen LogP contribution is 2.25. The van der Waals surface area contributed by atoms with Gasteiger partial charge in [0.2, 0.25) is 0 Å². The van der Waals surface area contributed by atoms with Crippen molar-refractivity contribution in [3.8, 4) is 17.0 Å². The Balaban J connectivity index is 2.55. The van der Waals surface area contributed by atoms with Crippen LogP contribution in [0, 0.1) is 0 Å². The number of nitrogens with one attached hydrogen (secondary N) is 1. The summed E-state index contributed by atoms with van der Waals surface area (Å²) in [4.78, 5) is 22.9. The van der Waals surface area contributed by atoms with Crippen LogP contribution >= 0.6 is 0 Å². The molecule has 0 aliphatic carbocycles. The zero-order valence-electron chi connectivity index (χ0n) is 11.3. The van der Waals surface area contributed by atoms with E-state index in [1.165, 1.54) is 6.33 Å². The number of rotatable bonds is 4. The first-order valence-corrected chi connectivity index (χ1v) is 6.29. The van der Waals surface area contributed by atoms with Gasteiger partial charge in [0.1, 0.15) is 5.75 Å². The van der Waals surface area contributed by atoms with Gasteiger partial charge in [0.15, 0.2) is 0 Å². The summed E-state index contributed by atoms with van der Waals surface area (Å²) in [6, 6.07) is 1.85. The van der Waals surface area contributed by atoms with Crippen molar-refractivity contribution in [2.24, 2.45) is 0 Å². The topological polar surface area (TPSA) is 67.9 Å². The average Bonchev–Trinajstić information content (AvgIpc) is 2.38. The summed E-state index contributed by atoms with van der Waals surface area (Å²) in [6.45, 7) is 6.42. The Kier molecular flexibility index (Phi) is 3.94. The van der Waals surface area contributed by atoms with Gasteiger partial charge in [-0.3, -0.25) is 9.78 Å². The maximum absolute atomic E-state index is 11.9. The molecule has 0 aliphatic heterocycles. The molecule has 0 amide bonds. The fourth-order valence-corrected chi connectivity index (χ4v) is 1.97. The number of hydrogen-bond donors (Lipinski definition) is 1. The molecule has 2 rings (SSSR count). The SMILES string of the molecule is CCOc1cncc(-c2nc[nH]c(=O)c2C(C)C)c1. The molecule has 0 saturated carbocycles. The van der Waals surface area contributed by atoms with Crippen molar-refractivity contribution in [1.82, 2.24) is 15.0 Å². The van der Waals surface area contributed by atoms with E-state index in [1.807, 2.05) is 26.8 Å². The van der Waals surface area contributed by atoms with Crippen LogP contribution in [0.5, 0.6) is 5.75 Å². The standard InChI is InChI=1S/C14H17N3O2/c1-4-19-11-5-10(6-15-7-11)13-12(9(2)3)14(18)17-8-16-13/h5-9H,4H2,1-3H3,(H,16,17,18). The highest BCUT2D eigenvalue weighted by molar-refractivity contribution is 5.63. The predicted octanol–water partition coefficient (Wildman–Crippen LogP) is 2.35. The summed E-state index contributed by atoms with van der Waals surface area (Å²) in [6.07, 6.45) is 4.75. The van der Waals surface area contributed by atoms with Gasteiger partial charge in [0, 0.05) is 17.3 Å². The van der Waals surface area contributed by atoms with Gasteiger partial charge in [-0.1, -0.05) is 13.8 Å². The summed E-state index contributed by atoms with van der Waals surface area (Å²) in [5.74, 6) is 0.764. The van der Waals surface area contributed by atoms with Crippen LogP contribution in [0.25, 0.3) is 11.3 Å². The lowest BCUT2D eigenvalue weighted by Gasteiger charge is -2.11. The number of aromatic nitrogens is 3. The van der Waals surface area contributed by atoms with Gasteiger partial charge < -0.3 is 9.72 Å². The van der Waals surface area contributed by atoms with Crippen LogP contribution in [0.1, 0.15) is 32.3 Å². The van der Waals surface area contributed by atoms with Crippen LogP contribution in [0.15, 0.2) is 29.6 Å². The summed E-state index contributed by atoms with van der Waals surface area (Å²) in [7, 11) is 0. The average molecular weight is 259 g/mol. The molecular weight excluding hydrogens is 242 g/mol. The van der Waals surface area contributed by atoms with E-state index in [1.54, 1.807) is 12.4 Å². The summed E-state index contributed by atoms with van der Waals surface area (Å²) in [5, 5.41) is 0. The Morgan fingerprint density at radius 2 is 2.16 bits per heavy atom. The molecule has 0 saturated heterocycles. The minimum Gasteiger partial charge on any atom is -0.492 e. The van der Waals surface area contributed by atoms with E-state index < -0.39 is 0 Å². The molecule has 0 unspecified atom stereocenters. The Morgan fingerprint density at radius 3 is 2.84 bits per heavy atom. The van der Waals surface area contributed by atoms with Gasteiger partial charge in [-0.2, -0.15) is 0 Å². The first-order chi connectivity index (χ1) is 9.13. The van der Waals surface area contributed by atoms with Gasteiger partial charge in [-0.25, -0.2) is 4.98 Å². The lowest BCUT2D eigenvalue weighted by atomic mass is 9.99. The van der Waals surface area contributed by atoms with Gasteiger partial charge in [-0.05, 0) is 18.9 Å². The van der Waals surface area contributed by atoms with Crippen LogP contribution in [0.3, 0.4) is 0 Å². The fourth-order valence-electron chi connectivity index (χ4n) is 1.97. The Labute approximate surface area is 111 Å².